The zero-order valence-corrected chi connectivity index (χ0v) is 17.4. The van der Waals surface area contributed by atoms with Gasteiger partial charge in [0.15, 0.2) is 0 Å². The third-order valence-electron chi connectivity index (χ3n) is 6.03. The highest BCUT2D eigenvalue weighted by Crippen LogP contribution is 2.34. The van der Waals surface area contributed by atoms with E-state index < -0.39 is 0 Å². The lowest BCUT2D eigenvalue weighted by molar-refractivity contribution is -0.126. The summed E-state index contributed by atoms with van der Waals surface area (Å²) >= 11 is 0. The van der Waals surface area contributed by atoms with E-state index in [4.69, 9.17) is 0 Å². The lowest BCUT2D eigenvalue weighted by Gasteiger charge is -2.20. The molecular weight excluding hydrogens is 378 g/mol. The average molecular weight is 405 g/mol. The van der Waals surface area contributed by atoms with Crippen LogP contribution in [0.1, 0.15) is 43.9 Å². The molecule has 2 aromatic carbocycles. The fraction of sp³-hybridized carbons (Fsp3) is 0.375. The van der Waals surface area contributed by atoms with Gasteiger partial charge in [-0.2, -0.15) is 0 Å². The fourth-order valence-electron chi connectivity index (χ4n) is 4.30. The first-order chi connectivity index (χ1) is 14.5. The van der Waals surface area contributed by atoms with Crippen molar-refractivity contribution >= 4 is 29.1 Å². The summed E-state index contributed by atoms with van der Waals surface area (Å²) in [6.07, 6.45) is 1.48. The Kier molecular flexibility index (Phi) is 5.57. The summed E-state index contributed by atoms with van der Waals surface area (Å²) in [6.45, 7) is 4.87. The third kappa shape index (κ3) is 3.82. The maximum absolute atomic E-state index is 12.8. The van der Waals surface area contributed by atoms with Crippen molar-refractivity contribution in [3.8, 4) is 0 Å². The predicted molar refractivity (Wildman–Crippen MR) is 116 cm³/mol. The molecule has 2 aromatic rings. The molecule has 6 heteroatoms. The molecule has 0 spiro atoms. The number of rotatable bonds is 5. The zero-order valence-electron chi connectivity index (χ0n) is 17.4. The monoisotopic (exact) mass is 405 g/mol. The highest BCUT2D eigenvalue weighted by Gasteiger charge is 2.36. The predicted octanol–water partition coefficient (Wildman–Crippen LogP) is 3.22. The molecule has 30 heavy (non-hydrogen) atoms. The maximum atomic E-state index is 12.8. The Labute approximate surface area is 176 Å². The van der Waals surface area contributed by atoms with Crippen molar-refractivity contribution in [2.45, 2.75) is 39.2 Å². The topological polar surface area (TPSA) is 69.7 Å². The van der Waals surface area contributed by atoms with Crippen molar-refractivity contribution in [2.24, 2.45) is 5.92 Å². The molecule has 2 heterocycles. The molecule has 0 radical (unpaired) electrons. The largest absolute Gasteiger partial charge is 0.349 e. The first-order valence-corrected chi connectivity index (χ1v) is 10.6. The molecule has 2 aliphatic rings. The van der Waals surface area contributed by atoms with Crippen LogP contribution < -0.4 is 15.1 Å². The maximum Gasteiger partial charge on any atom is 0.227 e. The number of hydrogen-bond donors (Lipinski definition) is 1. The van der Waals surface area contributed by atoms with Gasteiger partial charge in [-0.05, 0) is 42.7 Å². The van der Waals surface area contributed by atoms with Gasteiger partial charge in [0, 0.05) is 37.3 Å². The Morgan fingerprint density at radius 1 is 1.17 bits per heavy atom. The van der Waals surface area contributed by atoms with Gasteiger partial charge in [0.05, 0.1) is 12.0 Å². The molecular formula is C24H27N3O3. The summed E-state index contributed by atoms with van der Waals surface area (Å²) in [5.74, 6) is -0.386. The van der Waals surface area contributed by atoms with E-state index in [1.807, 2.05) is 67.3 Å². The van der Waals surface area contributed by atoms with Crippen LogP contribution in [0.4, 0.5) is 11.4 Å². The minimum atomic E-state index is -0.366. The number of carbonyl (C=O) groups is 3. The van der Waals surface area contributed by atoms with Gasteiger partial charge in [-0.3, -0.25) is 14.4 Å². The number of nitrogens with zero attached hydrogens (tertiary/aromatic N) is 2. The van der Waals surface area contributed by atoms with Crippen LogP contribution in [0.3, 0.4) is 0 Å². The van der Waals surface area contributed by atoms with E-state index in [1.54, 1.807) is 4.90 Å². The van der Waals surface area contributed by atoms with E-state index in [2.05, 4.69) is 5.32 Å². The first kappa shape index (κ1) is 20.1. The smallest absolute Gasteiger partial charge is 0.227 e. The molecule has 4 rings (SSSR count). The van der Waals surface area contributed by atoms with Gasteiger partial charge in [0.25, 0.3) is 0 Å². The summed E-state index contributed by atoms with van der Waals surface area (Å²) in [5, 5.41) is 3.04. The van der Waals surface area contributed by atoms with Crippen LogP contribution >= 0.6 is 0 Å². The van der Waals surface area contributed by atoms with Crippen LogP contribution in [0.5, 0.6) is 0 Å². The Hall–Kier alpha value is -3.15. The Morgan fingerprint density at radius 2 is 1.93 bits per heavy atom. The molecule has 156 valence electrons. The van der Waals surface area contributed by atoms with E-state index in [0.29, 0.717) is 19.5 Å². The number of hydrogen-bond acceptors (Lipinski definition) is 3. The van der Waals surface area contributed by atoms with Gasteiger partial charge in [-0.15, -0.1) is 0 Å². The number of nitrogens with one attached hydrogen (secondary N) is 1. The van der Waals surface area contributed by atoms with E-state index in [0.717, 1.165) is 28.9 Å². The first-order valence-electron chi connectivity index (χ1n) is 10.6. The second kappa shape index (κ2) is 8.30. The van der Waals surface area contributed by atoms with Crippen LogP contribution in [0, 0.1) is 5.92 Å². The van der Waals surface area contributed by atoms with Crippen molar-refractivity contribution < 1.29 is 14.4 Å². The minimum Gasteiger partial charge on any atom is -0.349 e. The third-order valence-corrected chi connectivity index (χ3v) is 6.03. The number of fused-ring (bicyclic) bond motifs is 1. The molecule has 0 aromatic heterocycles. The van der Waals surface area contributed by atoms with Crippen molar-refractivity contribution in [3.05, 3.63) is 59.7 Å². The molecule has 2 atom stereocenters. The molecule has 0 saturated carbocycles. The van der Waals surface area contributed by atoms with Crippen LogP contribution in [0.2, 0.25) is 0 Å². The summed E-state index contributed by atoms with van der Waals surface area (Å²) < 4.78 is 0. The van der Waals surface area contributed by atoms with Gasteiger partial charge in [0.2, 0.25) is 17.7 Å². The van der Waals surface area contributed by atoms with Crippen molar-refractivity contribution in [1.29, 1.82) is 0 Å². The van der Waals surface area contributed by atoms with E-state index in [1.165, 1.54) is 0 Å². The number of amides is 3. The van der Waals surface area contributed by atoms with Crippen molar-refractivity contribution in [3.63, 3.8) is 0 Å². The normalized spacial score (nSPS) is 19.0. The van der Waals surface area contributed by atoms with Crippen LogP contribution in [-0.2, 0) is 20.8 Å². The van der Waals surface area contributed by atoms with Crippen molar-refractivity contribution in [1.82, 2.24) is 5.32 Å². The Bertz CT molecular complexity index is 973. The van der Waals surface area contributed by atoms with Crippen LogP contribution in [0.25, 0.3) is 0 Å². The van der Waals surface area contributed by atoms with Gasteiger partial charge in [-0.1, -0.05) is 37.3 Å². The number of anilines is 2. The molecule has 0 aliphatic carbocycles. The van der Waals surface area contributed by atoms with Crippen LogP contribution in [-0.4, -0.2) is 30.8 Å². The lowest BCUT2D eigenvalue weighted by atomic mass is 10.1. The van der Waals surface area contributed by atoms with E-state index in [-0.39, 0.29) is 36.1 Å². The standard InChI is InChI=1S/C24H27N3O3/c1-3-22(28)26-12-11-18-13-20(9-10-21(18)26)27-15-19(14-23(27)29)24(30)25-16(2)17-7-5-4-6-8-17/h4-10,13,16,19H,3,11-12,14-15H2,1-2H3,(H,25,30)/t16-,19+/m1/s1. The summed E-state index contributed by atoms with van der Waals surface area (Å²) in [7, 11) is 0. The van der Waals surface area contributed by atoms with E-state index >= 15 is 0 Å². The Balaban J connectivity index is 1.44. The quantitative estimate of drug-likeness (QED) is 0.830. The molecule has 6 nitrogen and oxygen atoms in total. The summed E-state index contributed by atoms with van der Waals surface area (Å²) in [5.41, 5.74) is 3.85. The van der Waals surface area contributed by atoms with Gasteiger partial charge < -0.3 is 15.1 Å². The molecule has 1 fully saturated rings. The zero-order chi connectivity index (χ0) is 21.3. The number of benzene rings is 2. The van der Waals surface area contributed by atoms with Crippen LogP contribution in [0.15, 0.2) is 48.5 Å². The SMILES string of the molecule is CCC(=O)N1CCc2cc(N3C[C@@H](C(=O)N[C@H](C)c4ccccc4)CC3=O)ccc21. The lowest BCUT2D eigenvalue weighted by Crippen LogP contribution is -2.34. The fourth-order valence-corrected chi connectivity index (χ4v) is 4.30. The molecule has 0 unspecified atom stereocenters. The summed E-state index contributed by atoms with van der Waals surface area (Å²) in [4.78, 5) is 41.0. The molecule has 2 aliphatic heterocycles. The minimum absolute atomic E-state index is 0.0399. The van der Waals surface area contributed by atoms with Gasteiger partial charge >= 0.3 is 0 Å². The highest BCUT2D eigenvalue weighted by atomic mass is 16.2. The number of carbonyl (C=O) groups excluding carboxylic acids is 3. The second-order valence-electron chi connectivity index (χ2n) is 8.01. The van der Waals surface area contributed by atoms with Gasteiger partial charge in [-0.25, -0.2) is 0 Å². The second-order valence-corrected chi connectivity index (χ2v) is 8.01. The highest BCUT2D eigenvalue weighted by molar-refractivity contribution is 6.01. The van der Waals surface area contributed by atoms with Gasteiger partial charge in [0.1, 0.15) is 0 Å². The van der Waals surface area contributed by atoms with E-state index in [9.17, 15) is 14.4 Å². The summed E-state index contributed by atoms with van der Waals surface area (Å²) in [6, 6.07) is 15.5. The molecule has 1 N–H and O–H groups in total. The molecule has 1 saturated heterocycles. The average Bonchev–Trinajstić information content (AvgIpc) is 3.36. The van der Waals surface area contributed by atoms with Crippen molar-refractivity contribution in [2.75, 3.05) is 22.9 Å². The molecule has 3 amide bonds. The molecule has 0 bridgehead atoms. The Morgan fingerprint density at radius 3 is 2.67 bits per heavy atom.